The molecule has 0 aliphatic rings. The number of rotatable bonds is 0. The second-order valence-electron chi connectivity index (χ2n) is 7.94. The summed E-state index contributed by atoms with van der Waals surface area (Å²) in [5, 5.41) is 9.37. The number of nitrogens with zero attached hydrogens (tertiary/aromatic N) is 2. The summed E-state index contributed by atoms with van der Waals surface area (Å²) in [7, 11) is 0. The summed E-state index contributed by atoms with van der Waals surface area (Å²) < 4.78 is 1.06. The highest BCUT2D eigenvalue weighted by molar-refractivity contribution is 9.10. The number of fused-ring (bicyclic) bond motifs is 12. The van der Waals surface area contributed by atoms with E-state index in [9.17, 15) is 0 Å². The fourth-order valence-electron chi connectivity index (χ4n) is 4.91. The van der Waals surface area contributed by atoms with E-state index < -0.39 is 0 Å². The zero-order valence-electron chi connectivity index (χ0n) is 16.4. The molecule has 3 heteroatoms. The Morgan fingerprint density at radius 3 is 1.19 bits per heavy atom. The topological polar surface area (TPSA) is 25.8 Å². The van der Waals surface area contributed by atoms with E-state index in [2.05, 4.69) is 107 Å². The lowest BCUT2D eigenvalue weighted by molar-refractivity contribution is 1.44. The van der Waals surface area contributed by atoms with E-state index in [0.717, 1.165) is 48.1 Å². The van der Waals surface area contributed by atoms with Gasteiger partial charge in [-0.05, 0) is 33.7 Å². The van der Waals surface area contributed by atoms with Gasteiger partial charge in [-0.1, -0.05) is 94.8 Å². The molecular weight excluding hydrogens is 444 g/mol. The molecule has 0 fully saturated rings. The van der Waals surface area contributed by atoms with Gasteiger partial charge in [0.15, 0.2) is 0 Å². The Morgan fingerprint density at radius 1 is 0.387 bits per heavy atom. The molecular formula is C28H15BrN2. The molecule has 7 rings (SSSR count). The predicted octanol–water partition coefficient (Wildman–Crippen LogP) is 8.16. The minimum absolute atomic E-state index is 0.953. The highest BCUT2D eigenvalue weighted by Gasteiger charge is 2.16. The summed E-state index contributed by atoms with van der Waals surface area (Å²) in [4.78, 5) is 10.6. The molecule has 1 heterocycles. The number of hydrogen-bond donors (Lipinski definition) is 0. The van der Waals surface area contributed by atoms with Crippen molar-refractivity contribution in [3.8, 4) is 0 Å². The Hall–Kier alpha value is -3.56. The van der Waals surface area contributed by atoms with E-state index >= 15 is 0 Å². The summed E-state index contributed by atoms with van der Waals surface area (Å²) in [5.41, 5.74) is 3.83. The molecule has 0 N–H and O–H groups in total. The van der Waals surface area contributed by atoms with Crippen LogP contribution in [-0.2, 0) is 0 Å². The molecule has 6 aromatic carbocycles. The third-order valence-corrected chi connectivity index (χ3v) is 6.75. The van der Waals surface area contributed by atoms with Gasteiger partial charge in [-0.25, -0.2) is 9.97 Å². The highest BCUT2D eigenvalue weighted by atomic mass is 79.9. The van der Waals surface area contributed by atoms with Crippen molar-refractivity contribution in [2.75, 3.05) is 0 Å². The Labute approximate surface area is 186 Å². The van der Waals surface area contributed by atoms with Crippen molar-refractivity contribution in [1.29, 1.82) is 0 Å². The van der Waals surface area contributed by atoms with Crippen molar-refractivity contribution in [2.45, 2.75) is 0 Å². The molecule has 31 heavy (non-hydrogen) atoms. The first-order chi connectivity index (χ1) is 15.3. The molecule has 0 saturated carbocycles. The van der Waals surface area contributed by atoms with Gasteiger partial charge in [-0.2, -0.15) is 0 Å². The molecule has 0 atom stereocenters. The van der Waals surface area contributed by atoms with Gasteiger partial charge in [-0.15, -0.1) is 0 Å². The van der Waals surface area contributed by atoms with E-state index in [0.29, 0.717) is 0 Å². The maximum atomic E-state index is 5.29. The first-order valence-electron chi connectivity index (χ1n) is 10.3. The quantitative estimate of drug-likeness (QED) is 0.169. The van der Waals surface area contributed by atoms with Crippen LogP contribution in [0.1, 0.15) is 0 Å². The van der Waals surface area contributed by atoms with E-state index in [-0.39, 0.29) is 0 Å². The Bertz CT molecular complexity index is 1850. The minimum Gasteiger partial charge on any atom is -0.243 e. The average molecular weight is 459 g/mol. The summed E-state index contributed by atoms with van der Waals surface area (Å²) in [5.74, 6) is 0. The molecule has 0 aliphatic heterocycles. The fourth-order valence-corrected chi connectivity index (χ4v) is 5.27. The van der Waals surface area contributed by atoms with Crippen LogP contribution in [0, 0.1) is 0 Å². The monoisotopic (exact) mass is 458 g/mol. The molecule has 2 nitrogen and oxygen atoms in total. The Morgan fingerprint density at radius 2 is 0.742 bits per heavy atom. The molecule has 0 spiro atoms. The molecule has 0 amide bonds. The number of hydrogen-bond acceptors (Lipinski definition) is 2. The maximum Gasteiger partial charge on any atom is 0.0979 e. The molecule has 1 aromatic heterocycles. The molecule has 0 bridgehead atoms. The summed E-state index contributed by atoms with van der Waals surface area (Å²) >= 11 is 3.65. The second kappa shape index (κ2) is 6.22. The predicted molar refractivity (Wildman–Crippen MR) is 135 cm³/mol. The van der Waals surface area contributed by atoms with Crippen molar-refractivity contribution in [1.82, 2.24) is 9.97 Å². The summed E-state index contributed by atoms with van der Waals surface area (Å²) in [6.45, 7) is 0. The highest BCUT2D eigenvalue weighted by Crippen LogP contribution is 2.38. The molecule has 0 saturated heterocycles. The lowest BCUT2D eigenvalue weighted by atomic mass is 9.97. The SMILES string of the molecule is Brc1ccc2c(c1)c1ccccc1c1nc3c4ccccc4c4ccccc4c3nc21. The van der Waals surface area contributed by atoms with Crippen LogP contribution in [0.2, 0.25) is 0 Å². The van der Waals surface area contributed by atoms with Gasteiger partial charge in [0.25, 0.3) is 0 Å². The smallest absolute Gasteiger partial charge is 0.0979 e. The Kier molecular flexibility index (Phi) is 3.44. The van der Waals surface area contributed by atoms with E-state index in [4.69, 9.17) is 9.97 Å². The largest absolute Gasteiger partial charge is 0.243 e. The van der Waals surface area contributed by atoms with Crippen LogP contribution in [0.3, 0.4) is 0 Å². The van der Waals surface area contributed by atoms with Crippen LogP contribution >= 0.6 is 15.9 Å². The van der Waals surface area contributed by atoms with Crippen molar-refractivity contribution in [3.05, 3.63) is 95.5 Å². The molecule has 0 aliphatic carbocycles. The molecule has 0 unspecified atom stereocenters. The standard InChI is InChI=1S/C28H15BrN2/c29-16-13-14-23-24(15-16)19-9-3-6-12-22(19)27-28(23)31-26-21-11-5-2-8-18(21)17-7-1-4-10-20(17)25(26)30-27/h1-15H. The van der Waals surface area contributed by atoms with Crippen molar-refractivity contribution in [3.63, 3.8) is 0 Å². The molecule has 0 radical (unpaired) electrons. The molecule has 144 valence electrons. The van der Waals surface area contributed by atoms with E-state index in [1.54, 1.807) is 0 Å². The van der Waals surface area contributed by atoms with Crippen LogP contribution < -0.4 is 0 Å². The van der Waals surface area contributed by atoms with Gasteiger partial charge < -0.3 is 0 Å². The van der Waals surface area contributed by atoms with Crippen LogP contribution in [0.25, 0.3) is 65.2 Å². The normalized spacial score (nSPS) is 12.0. The third-order valence-electron chi connectivity index (χ3n) is 6.26. The fraction of sp³-hybridized carbons (Fsp3) is 0. The lowest BCUT2D eigenvalue weighted by Crippen LogP contribution is -1.94. The third kappa shape index (κ3) is 2.32. The number of halogens is 1. The van der Waals surface area contributed by atoms with Gasteiger partial charge in [0, 0.05) is 26.0 Å². The Balaban J connectivity index is 1.84. The van der Waals surface area contributed by atoms with Gasteiger partial charge in [-0.3, -0.25) is 0 Å². The van der Waals surface area contributed by atoms with Crippen LogP contribution in [0.15, 0.2) is 95.5 Å². The second-order valence-corrected chi connectivity index (χ2v) is 8.86. The first kappa shape index (κ1) is 17.2. The van der Waals surface area contributed by atoms with E-state index in [1.165, 1.54) is 21.5 Å². The summed E-state index contributed by atoms with van der Waals surface area (Å²) in [6, 6.07) is 31.9. The van der Waals surface area contributed by atoms with E-state index in [1.807, 2.05) is 0 Å². The van der Waals surface area contributed by atoms with Crippen LogP contribution in [0.4, 0.5) is 0 Å². The van der Waals surface area contributed by atoms with Crippen molar-refractivity contribution >= 4 is 81.1 Å². The number of benzene rings is 6. The van der Waals surface area contributed by atoms with Gasteiger partial charge in [0.1, 0.15) is 0 Å². The first-order valence-corrected chi connectivity index (χ1v) is 11.1. The zero-order valence-corrected chi connectivity index (χ0v) is 18.0. The summed E-state index contributed by atoms with van der Waals surface area (Å²) in [6.07, 6.45) is 0. The zero-order chi connectivity index (χ0) is 20.5. The minimum atomic E-state index is 0.953. The van der Waals surface area contributed by atoms with Crippen molar-refractivity contribution < 1.29 is 0 Å². The van der Waals surface area contributed by atoms with Crippen molar-refractivity contribution in [2.24, 2.45) is 0 Å². The van der Waals surface area contributed by atoms with Gasteiger partial charge in [0.05, 0.1) is 22.1 Å². The van der Waals surface area contributed by atoms with Gasteiger partial charge >= 0.3 is 0 Å². The van der Waals surface area contributed by atoms with Crippen LogP contribution in [-0.4, -0.2) is 9.97 Å². The molecule has 7 aromatic rings. The number of aromatic nitrogens is 2. The van der Waals surface area contributed by atoms with Crippen LogP contribution in [0.5, 0.6) is 0 Å². The maximum absolute atomic E-state index is 5.29. The lowest BCUT2D eigenvalue weighted by Gasteiger charge is -2.13. The average Bonchev–Trinajstić information content (AvgIpc) is 2.83. The van der Waals surface area contributed by atoms with Gasteiger partial charge in [0.2, 0.25) is 0 Å².